The van der Waals surface area contributed by atoms with Gasteiger partial charge < -0.3 is 15.1 Å². The normalized spacial score (nSPS) is 19.6. The minimum absolute atomic E-state index is 0.117. The van der Waals surface area contributed by atoms with Gasteiger partial charge in [-0.2, -0.15) is 0 Å². The first-order valence-electron chi connectivity index (χ1n) is 9.29. The molecule has 0 aromatic heterocycles. The van der Waals surface area contributed by atoms with Crippen LogP contribution in [0.3, 0.4) is 0 Å². The number of halogens is 1. The lowest BCUT2D eigenvalue weighted by Gasteiger charge is -2.32. The Labute approximate surface area is 148 Å². The van der Waals surface area contributed by atoms with Gasteiger partial charge in [-0.15, -0.1) is 0 Å². The molecule has 2 aliphatic rings. The molecule has 0 unspecified atom stereocenters. The molecule has 2 fully saturated rings. The molecule has 6 heteroatoms. The van der Waals surface area contributed by atoms with Crippen molar-refractivity contribution < 1.29 is 18.9 Å². The van der Waals surface area contributed by atoms with Crippen LogP contribution in [-0.2, 0) is 4.79 Å². The molecule has 2 N–H and O–H groups in total. The van der Waals surface area contributed by atoms with Crippen molar-refractivity contribution in [3.8, 4) is 0 Å². The summed E-state index contributed by atoms with van der Waals surface area (Å²) >= 11 is 0. The fraction of sp³-hybridized carbons (Fsp3) is 0.579. The van der Waals surface area contributed by atoms with Crippen LogP contribution in [0.15, 0.2) is 24.3 Å². The molecule has 0 bridgehead atoms. The second kappa shape index (κ2) is 8.43. The topological polar surface area (TPSA) is 53.9 Å². The third-order valence-electron chi connectivity index (χ3n) is 5.21. The monoisotopic (exact) mass is 348 g/mol. The third kappa shape index (κ3) is 5.01. The van der Waals surface area contributed by atoms with Gasteiger partial charge in [0.2, 0.25) is 0 Å². The summed E-state index contributed by atoms with van der Waals surface area (Å²) in [6.07, 6.45) is 5.88. The van der Waals surface area contributed by atoms with Gasteiger partial charge in [0.15, 0.2) is 6.54 Å². The van der Waals surface area contributed by atoms with E-state index in [1.165, 1.54) is 36.3 Å². The van der Waals surface area contributed by atoms with Gasteiger partial charge in [0.05, 0.1) is 26.2 Å². The van der Waals surface area contributed by atoms with Crippen LogP contribution in [0.2, 0.25) is 0 Å². The van der Waals surface area contributed by atoms with Crippen LogP contribution in [0.4, 0.5) is 4.39 Å². The molecule has 0 radical (unpaired) electrons. The van der Waals surface area contributed by atoms with Gasteiger partial charge in [-0.3, -0.25) is 9.59 Å². The Bertz CT molecular complexity index is 608. The molecule has 136 valence electrons. The van der Waals surface area contributed by atoms with E-state index in [-0.39, 0.29) is 11.8 Å². The minimum atomic E-state index is -0.394. The summed E-state index contributed by atoms with van der Waals surface area (Å²) in [4.78, 5) is 27.6. The van der Waals surface area contributed by atoms with E-state index in [1.54, 1.807) is 17.0 Å². The van der Waals surface area contributed by atoms with Crippen LogP contribution in [-0.4, -0.2) is 55.5 Å². The van der Waals surface area contributed by atoms with E-state index in [0.717, 1.165) is 25.9 Å². The molecular formula is C19H27FN3O2+. The lowest BCUT2D eigenvalue weighted by molar-refractivity contribution is -0.896. The van der Waals surface area contributed by atoms with Crippen molar-refractivity contribution in [1.29, 1.82) is 0 Å². The standard InChI is InChI=1S/C19H26FN3O2/c20-16-6-4-5-15(13-16)19(25)23-11-9-22(10-12-23)14-18(24)21-17-7-2-1-3-8-17/h4-6,13,17H,1-3,7-12,14H2,(H,21,24)/p+1. The number of nitrogens with zero attached hydrogens (tertiary/aromatic N) is 1. The highest BCUT2D eigenvalue weighted by molar-refractivity contribution is 5.94. The Kier molecular flexibility index (Phi) is 6.02. The summed E-state index contributed by atoms with van der Waals surface area (Å²) in [5.74, 6) is -0.411. The number of quaternary nitrogens is 1. The van der Waals surface area contributed by atoms with Crippen molar-refractivity contribution >= 4 is 11.8 Å². The Morgan fingerprint density at radius 2 is 1.88 bits per heavy atom. The fourth-order valence-electron chi connectivity index (χ4n) is 3.76. The quantitative estimate of drug-likeness (QED) is 0.838. The van der Waals surface area contributed by atoms with E-state index in [4.69, 9.17) is 0 Å². The number of nitrogens with one attached hydrogen (secondary N) is 2. The SMILES string of the molecule is O=C(C[NH+]1CCN(C(=O)c2cccc(F)c2)CC1)NC1CCCCC1. The molecule has 2 amide bonds. The lowest BCUT2D eigenvalue weighted by atomic mass is 9.95. The summed E-state index contributed by atoms with van der Waals surface area (Å²) in [7, 11) is 0. The van der Waals surface area contributed by atoms with Crippen LogP contribution >= 0.6 is 0 Å². The zero-order valence-corrected chi connectivity index (χ0v) is 14.6. The Morgan fingerprint density at radius 1 is 1.16 bits per heavy atom. The first-order valence-corrected chi connectivity index (χ1v) is 9.29. The first-order chi connectivity index (χ1) is 12.1. The second-order valence-electron chi connectivity index (χ2n) is 7.13. The molecule has 3 rings (SSSR count). The highest BCUT2D eigenvalue weighted by atomic mass is 19.1. The van der Waals surface area contributed by atoms with E-state index in [9.17, 15) is 14.0 Å². The largest absolute Gasteiger partial charge is 0.348 e. The van der Waals surface area contributed by atoms with Gasteiger partial charge in [-0.25, -0.2) is 4.39 Å². The van der Waals surface area contributed by atoms with Crippen molar-refractivity contribution in [3.63, 3.8) is 0 Å². The zero-order valence-electron chi connectivity index (χ0n) is 14.6. The predicted octanol–water partition coefficient (Wildman–Crippen LogP) is 0.615. The number of benzene rings is 1. The number of amides is 2. The van der Waals surface area contributed by atoms with Crippen molar-refractivity contribution in [3.05, 3.63) is 35.6 Å². The highest BCUT2D eigenvalue weighted by Crippen LogP contribution is 2.17. The maximum atomic E-state index is 13.3. The molecule has 1 saturated carbocycles. The molecule has 1 aromatic carbocycles. The average Bonchev–Trinajstić information content (AvgIpc) is 2.62. The number of piperazine rings is 1. The zero-order chi connectivity index (χ0) is 17.6. The van der Waals surface area contributed by atoms with Gasteiger partial charge in [-0.05, 0) is 31.0 Å². The van der Waals surface area contributed by atoms with Crippen LogP contribution in [0.1, 0.15) is 42.5 Å². The van der Waals surface area contributed by atoms with Crippen molar-refractivity contribution in [1.82, 2.24) is 10.2 Å². The van der Waals surface area contributed by atoms with Crippen LogP contribution in [0.5, 0.6) is 0 Å². The number of carbonyl (C=O) groups is 2. The molecular weight excluding hydrogens is 321 g/mol. The molecule has 1 aliphatic heterocycles. The smallest absolute Gasteiger partial charge is 0.275 e. The number of carbonyl (C=O) groups excluding carboxylic acids is 2. The third-order valence-corrected chi connectivity index (χ3v) is 5.21. The molecule has 5 nitrogen and oxygen atoms in total. The predicted molar refractivity (Wildman–Crippen MR) is 92.9 cm³/mol. The summed E-state index contributed by atoms with van der Waals surface area (Å²) in [5, 5.41) is 3.15. The van der Waals surface area contributed by atoms with E-state index in [2.05, 4.69) is 5.32 Å². The van der Waals surface area contributed by atoms with Crippen molar-refractivity contribution in [2.24, 2.45) is 0 Å². The molecule has 25 heavy (non-hydrogen) atoms. The van der Waals surface area contributed by atoms with E-state index in [1.807, 2.05) is 0 Å². The number of hydrogen-bond acceptors (Lipinski definition) is 2. The lowest BCUT2D eigenvalue weighted by Crippen LogP contribution is -3.15. The minimum Gasteiger partial charge on any atom is -0.348 e. The summed E-state index contributed by atoms with van der Waals surface area (Å²) in [6.45, 7) is 3.17. The van der Waals surface area contributed by atoms with E-state index in [0.29, 0.717) is 31.2 Å². The van der Waals surface area contributed by atoms with E-state index >= 15 is 0 Å². The van der Waals surface area contributed by atoms with Crippen LogP contribution < -0.4 is 10.2 Å². The Hall–Kier alpha value is -1.95. The maximum absolute atomic E-state index is 13.3. The Balaban J connectivity index is 1.43. The summed E-state index contributed by atoms with van der Waals surface area (Å²) < 4.78 is 13.3. The molecule has 1 aliphatic carbocycles. The second-order valence-corrected chi connectivity index (χ2v) is 7.13. The molecule has 1 saturated heterocycles. The van der Waals surface area contributed by atoms with Gasteiger partial charge >= 0.3 is 0 Å². The fourth-order valence-corrected chi connectivity index (χ4v) is 3.76. The molecule has 1 heterocycles. The maximum Gasteiger partial charge on any atom is 0.275 e. The highest BCUT2D eigenvalue weighted by Gasteiger charge is 2.26. The van der Waals surface area contributed by atoms with E-state index < -0.39 is 5.82 Å². The van der Waals surface area contributed by atoms with Gasteiger partial charge in [-0.1, -0.05) is 25.3 Å². The molecule has 1 aromatic rings. The van der Waals surface area contributed by atoms with Gasteiger partial charge in [0.25, 0.3) is 11.8 Å². The number of hydrogen-bond donors (Lipinski definition) is 2. The Morgan fingerprint density at radius 3 is 2.56 bits per heavy atom. The average molecular weight is 348 g/mol. The number of rotatable bonds is 4. The van der Waals surface area contributed by atoms with Gasteiger partial charge in [0, 0.05) is 11.6 Å². The molecule has 0 spiro atoms. The van der Waals surface area contributed by atoms with Gasteiger partial charge in [0.1, 0.15) is 5.82 Å². The van der Waals surface area contributed by atoms with Crippen LogP contribution in [0, 0.1) is 5.82 Å². The summed E-state index contributed by atoms with van der Waals surface area (Å²) in [5.41, 5.74) is 0.387. The molecule has 0 atom stereocenters. The van der Waals surface area contributed by atoms with Crippen molar-refractivity contribution in [2.45, 2.75) is 38.1 Å². The first kappa shape index (κ1) is 17.9. The van der Waals surface area contributed by atoms with Crippen LogP contribution in [0.25, 0.3) is 0 Å². The van der Waals surface area contributed by atoms with Crippen molar-refractivity contribution in [2.75, 3.05) is 32.7 Å². The summed E-state index contributed by atoms with van der Waals surface area (Å²) in [6, 6.07) is 6.15.